The molecule has 2 aliphatic carbocycles. The molecule has 0 N–H and O–H groups in total. The minimum absolute atomic E-state index is 0.280. The van der Waals surface area contributed by atoms with Crippen molar-refractivity contribution in [1.82, 2.24) is 0 Å². The van der Waals surface area contributed by atoms with Gasteiger partial charge in [0.25, 0.3) is 0 Å². The van der Waals surface area contributed by atoms with Crippen molar-refractivity contribution < 1.29 is 4.42 Å². The van der Waals surface area contributed by atoms with Crippen molar-refractivity contribution >= 4 is 0 Å². The first kappa shape index (κ1) is 10.2. The second-order valence-electron chi connectivity index (χ2n) is 6.01. The SMILES string of the molecule is CC1=C[C@H]2Cc3occc3C(C)(C)[C@@H]2CC1. The predicted octanol–water partition coefficient (Wildman–Crippen LogP) is 4.09. The molecule has 0 saturated carbocycles. The van der Waals surface area contributed by atoms with E-state index in [1.807, 2.05) is 6.26 Å². The molecule has 0 saturated heterocycles. The molecule has 0 spiro atoms. The number of hydrogen-bond donors (Lipinski definition) is 0. The predicted molar refractivity (Wildman–Crippen MR) is 65.4 cm³/mol. The number of allylic oxidation sites excluding steroid dienone is 2. The molecule has 0 unspecified atom stereocenters. The van der Waals surface area contributed by atoms with Gasteiger partial charge in [-0.25, -0.2) is 0 Å². The minimum atomic E-state index is 0.280. The zero-order valence-corrected chi connectivity index (χ0v) is 10.4. The Kier molecular flexibility index (Phi) is 2.07. The van der Waals surface area contributed by atoms with Crippen LogP contribution in [0.2, 0.25) is 0 Å². The first-order valence-electron chi connectivity index (χ1n) is 6.33. The second kappa shape index (κ2) is 3.26. The maximum atomic E-state index is 5.65. The molecule has 16 heavy (non-hydrogen) atoms. The summed E-state index contributed by atoms with van der Waals surface area (Å²) in [6.45, 7) is 7.03. The molecule has 1 heterocycles. The molecule has 0 bridgehead atoms. The lowest BCUT2D eigenvalue weighted by Crippen LogP contribution is -2.40. The summed E-state index contributed by atoms with van der Waals surface area (Å²) in [5.74, 6) is 2.71. The van der Waals surface area contributed by atoms with Gasteiger partial charge in [-0.15, -0.1) is 0 Å². The van der Waals surface area contributed by atoms with Gasteiger partial charge in [0.1, 0.15) is 5.76 Å². The van der Waals surface area contributed by atoms with Crippen LogP contribution in [0.1, 0.15) is 44.9 Å². The Morgan fingerprint density at radius 3 is 3.00 bits per heavy atom. The van der Waals surface area contributed by atoms with Crippen LogP contribution in [-0.2, 0) is 11.8 Å². The first-order chi connectivity index (χ1) is 7.59. The van der Waals surface area contributed by atoms with Gasteiger partial charge in [-0.3, -0.25) is 0 Å². The third-order valence-electron chi connectivity index (χ3n) is 4.65. The summed E-state index contributed by atoms with van der Waals surface area (Å²) in [5.41, 5.74) is 3.29. The van der Waals surface area contributed by atoms with Gasteiger partial charge in [0.15, 0.2) is 0 Å². The highest BCUT2D eigenvalue weighted by Crippen LogP contribution is 2.49. The molecule has 0 radical (unpaired) electrons. The molecule has 1 nitrogen and oxygen atoms in total. The Balaban J connectivity index is 2.08. The van der Waals surface area contributed by atoms with E-state index in [0.717, 1.165) is 12.3 Å². The van der Waals surface area contributed by atoms with Crippen LogP contribution >= 0.6 is 0 Å². The molecule has 1 aromatic rings. The van der Waals surface area contributed by atoms with E-state index < -0.39 is 0 Å². The van der Waals surface area contributed by atoms with E-state index in [1.165, 1.54) is 24.2 Å². The molecular formula is C15H20O. The van der Waals surface area contributed by atoms with Gasteiger partial charge < -0.3 is 4.42 Å². The van der Waals surface area contributed by atoms with E-state index >= 15 is 0 Å². The topological polar surface area (TPSA) is 13.1 Å². The van der Waals surface area contributed by atoms with Crippen molar-refractivity contribution in [3.63, 3.8) is 0 Å². The quantitative estimate of drug-likeness (QED) is 0.595. The van der Waals surface area contributed by atoms with Crippen molar-refractivity contribution in [2.75, 3.05) is 0 Å². The lowest BCUT2D eigenvalue weighted by molar-refractivity contribution is 0.188. The van der Waals surface area contributed by atoms with E-state index in [-0.39, 0.29) is 5.41 Å². The fraction of sp³-hybridized carbons (Fsp3) is 0.600. The standard InChI is InChI=1S/C15H20O/c1-10-4-5-12-11(8-10)9-14-13(6-7-16-14)15(12,2)3/h6-8,11-12H,4-5,9H2,1-3H3/t11-,12+/m0/s1. The summed E-state index contributed by atoms with van der Waals surface area (Å²) >= 11 is 0. The van der Waals surface area contributed by atoms with Gasteiger partial charge in [-0.1, -0.05) is 25.5 Å². The van der Waals surface area contributed by atoms with Crippen LogP contribution in [-0.4, -0.2) is 0 Å². The van der Waals surface area contributed by atoms with Gasteiger partial charge in [-0.05, 0) is 48.6 Å². The van der Waals surface area contributed by atoms with Crippen LogP contribution in [0.4, 0.5) is 0 Å². The third kappa shape index (κ3) is 1.30. The first-order valence-corrected chi connectivity index (χ1v) is 6.33. The van der Waals surface area contributed by atoms with Crippen LogP contribution in [0.3, 0.4) is 0 Å². The van der Waals surface area contributed by atoms with Crippen LogP contribution in [0.5, 0.6) is 0 Å². The van der Waals surface area contributed by atoms with Crippen molar-refractivity contribution in [3.05, 3.63) is 35.3 Å². The van der Waals surface area contributed by atoms with E-state index in [2.05, 4.69) is 32.9 Å². The highest BCUT2D eigenvalue weighted by molar-refractivity contribution is 5.33. The normalized spacial score (nSPS) is 31.6. The van der Waals surface area contributed by atoms with E-state index in [4.69, 9.17) is 4.42 Å². The molecule has 2 atom stereocenters. The molecule has 2 aliphatic rings. The maximum absolute atomic E-state index is 5.65. The summed E-state index contributed by atoms with van der Waals surface area (Å²) in [4.78, 5) is 0. The fourth-order valence-corrected chi connectivity index (χ4v) is 3.75. The van der Waals surface area contributed by atoms with E-state index in [9.17, 15) is 0 Å². The number of furan rings is 1. The van der Waals surface area contributed by atoms with Gasteiger partial charge >= 0.3 is 0 Å². The molecule has 86 valence electrons. The summed E-state index contributed by atoms with van der Waals surface area (Å²) < 4.78 is 5.65. The number of rotatable bonds is 0. The van der Waals surface area contributed by atoms with E-state index in [1.54, 1.807) is 5.57 Å². The lowest BCUT2D eigenvalue weighted by atomic mass is 9.59. The summed E-state index contributed by atoms with van der Waals surface area (Å²) in [7, 11) is 0. The van der Waals surface area contributed by atoms with Gasteiger partial charge in [0, 0.05) is 6.42 Å². The third-order valence-corrected chi connectivity index (χ3v) is 4.65. The summed E-state index contributed by atoms with van der Waals surface area (Å²) in [6.07, 6.45) is 8.07. The average Bonchev–Trinajstić information content (AvgIpc) is 2.65. The van der Waals surface area contributed by atoms with Crippen LogP contribution in [0.15, 0.2) is 28.4 Å². The Bertz CT molecular complexity index is 436. The molecule has 1 aromatic heterocycles. The number of fused-ring (bicyclic) bond motifs is 2. The molecule has 0 fully saturated rings. The monoisotopic (exact) mass is 216 g/mol. The Hall–Kier alpha value is -0.980. The van der Waals surface area contributed by atoms with Gasteiger partial charge in [-0.2, -0.15) is 0 Å². The highest BCUT2D eigenvalue weighted by Gasteiger charge is 2.43. The Morgan fingerprint density at radius 1 is 1.38 bits per heavy atom. The van der Waals surface area contributed by atoms with E-state index in [0.29, 0.717) is 5.92 Å². The molecule has 3 rings (SSSR count). The van der Waals surface area contributed by atoms with Gasteiger partial charge in [0.05, 0.1) is 6.26 Å². The molecule has 0 aliphatic heterocycles. The van der Waals surface area contributed by atoms with Crippen molar-refractivity contribution in [1.29, 1.82) is 0 Å². The lowest BCUT2D eigenvalue weighted by Gasteiger charge is -2.44. The van der Waals surface area contributed by atoms with Gasteiger partial charge in [0.2, 0.25) is 0 Å². The molecule has 1 heteroatoms. The Labute approximate surface area is 97.5 Å². The molecule has 0 amide bonds. The number of hydrogen-bond acceptors (Lipinski definition) is 1. The minimum Gasteiger partial charge on any atom is -0.469 e. The largest absolute Gasteiger partial charge is 0.469 e. The van der Waals surface area contributed by atoms with Crippen molar-refractivity contribution in [2.45, 2.75) is 45.4 Å². The second-order valence-corrected chi connectivity index (χ2v) is 6.01. The van der Waals surface area contributed by atoms with Crippen LogP contribution in [0.25, 0.3) is 0 Å². The maximum Gasteiger partial charge on any atom is 0.108 e. The fourth-order valence-electron chi connectivity index (χ4n) is 3.75. The molecular weight excluding hydrogens is 196 g/mol. The average molecular weight is 216 g/mol. The zero-order valence-electron chi connectivity index (χ0n) is 10.4. The highest BCUT2D eigenvalue weighted by atomic mass is 16.3. The van der Waals surface area contributed by atoms with Crippen LogP contribution in [0, 0.1) is 11.8 Å². The van der Waals surface area contributed by atoms with Crippen molar-refractivity contribution in [2.24, 2.45) is 11.8 Å². The summed E-state index contributed by atoms with van der Waals surface area (Å²) in [6, 6.07) is 2.18. The zero-order chi connectivity index (χ0) is 11.3. The smallest absolute Gasteiger partial charge is 0.108 e. The van der Waals surface area contributed by atoms with Crippen molar-refractivity contribution in [3.8, 4) is 0 Å². The molecule has 0 aromatic carbocycles. The Morgan fingerprint density at radius 2 is 2.19 bits per heavy atom. The summed E-state index contributed by atoms with van der Waals surface area (Å²) in [5, 5.41) is 0. The van der Waals surface area contributed by atoms with Crippen LogP contribution < -0.4 is 0 Å².